The van der Waals surface area contributed by atoms with Gasteiger partial charge in [-0.1, -0.05) is 25.5 Å². The molecule has 1 atom stereocenters. The standard InChI is InChI=1S/C16H23N3O/c1-4-7-13(2)19(3)11-10-16(20)18-15-9-6-5-8-14(15)12-17/h5-6,8-9,13H,4,7,10-11H2,1-3H3,(H,18,20). The summed E-state index contributed by atoms with van der Waals surface area (Å²) in [6.45, 7) is 5.06. The summed E-state index contributed by atoms with van der Waals surface area (Å²) >= 11 is 0. The van der Waals surface area contributed by atoms with Crippen LogP contribution in [0, 0.1) is 11.3 Å². The summed E-state index contributed by atoms with van der Waals surface area (Å²) in [6, 6.07) is 9.61. The van der Waals surface area contributed by atoms with Gasteiger partial charge in [0.05, 0.1) is 11.3 Å². The molecule has 0 heterocycles. The smallest absolute Gasteiger partial charge is 0.225 e. The van der Waals surface area contributed by atoms with E-state index in [1.54, 1.807) is 18.2 Å². The second-order valence-corrected chi connectivity index (χ2v) is 5.07. The number of nitrogens with one attached hydrogen (secondary N) is 1. The molecule has 108 valence electrons. The molecule has 1 amide bonds. The number of carbonyl (C=O) groups is 1. The Labute approximate surface area is 121 Å². The Morgan fingerprint density at radius 2 is 2.15 bits per heavy atom. The minimum Gasteiger partial charge on any atom is -0.325 e. The molecule has 20 heavy (non-hydrogen) atoms. The zero-order valence-corrected chi connectivity index (χ0v) is 12.5. The SMILES string of the molecule is CCCC(C)N(C)CCC(=O)Nc1ccccc1C#N. The van der Waals surface area contributed by atoms with Gasteiger partial charge >= 0.3 is 0 Å². The minimum atomic E-state index is -0.0525. The number of hydrogen-bond acceptors (Lipinski definition) is 3. The second-order valence-electron chi connectivity index (χ2n) is 5.07. The molecular weight excluding hydrogens is 250 g/mol. The summed E-state index contributed by atoms with van der Waals surface area (Å²) in [5.41, 5.74) is 1.08. The summed E-state index contributed by atoms with van der Waals surface area (Å²) in [7, 11) is 2.04. The lowest BCUT2D eigenvalue weighted by Gasteiger charge is -2.23. The van der Waals surface area contributed by atoms with Crippen LogP contribution in [0.15, 0.2) is 24.3 Å². The van der Waals surface area contributed by atoms with E-state index in [9.17, 15) is 4.79 Å². The summed E-state index contributed by atoms with van der Waals surface area (Å²) in [5.74, 6) is -0.0525. The number of hydrogen-bond donors (Lipinski definition) is 1. The normalized spacial score (nSPS) is 11.9. The Morgan fingerprint density at radius 3 is 2.80 bits per heavy atom. The van der Waals surface area contributed by atoms with Crippen molar-refractivity contribution in [1.82, 2.24) is 4.90 Å². The molecule has 0 radical (unpaired) electrons. The molecule has 0 saturated heterocycles. The molecule has 0 spiro atoms. The zero-order chi connectivity index (χ0) is 15.0. The van der Waals surface area contributed by atoms with E-state index < -0.39 is 0 Å². The van der Waals surface area contributed by atoms with Gasteiger partial charge in [-0.2, -0.15) is 5.26 Å². The predicted molar refractivity (Wildman–Crippen MR) is 81.4 cm³/mol. The molecule has 0 saturated carbocycles. The largest absolute Gasteiger partial charge is 0.325 e. The molecule has 0 aliphatic heterocycles. The molecule has 1 aromatic carbocycles. The molecule has 0 fully saturated rings. The lowest BCUT2D eigenvalue weighted by molar-refractivity contribution is -0.116. The predicted octanol–water partition coefficient (Wildman–Crippen LogP) is 3.01. The molecule has 0 aliphatic carbocycles. The number of rotatable bonds is 7. The van der Waals surface area contributed by atoms with Crippen LogP contribution in [0.1, 0.15) is 38.7 Å². The Hall–Kier alpha value is -1.86. The maximum atomic E-state index is 11.9. The quantitative estimate of drug-likeness (QED) is 0.831. The van der Waals surface area contributed by atoms with Gasteiger partial charge in [-0.15, -0.1) is 0 Å². The topological polar surface area (TPSA) is 56.1 Å². The lowest BCUT2D eigenvalue weighted by atomic mass is 10.1. The van der Waals surface area contributed by atoms with Crippen LogP contribution in [0.25, 0.3) is 0 Å². The van der Waals surface area contributed by atoms with Gasteiger partial charge in [-0.05, 0) is 32.5 Å². The monoisotopic (exact) mass is 273 g/mol. The van der Waals surface area contributed by atoms with E-state index in [0.29, 0.717) is 23.7 Å². The number of para-hydroxylation sites is 1. The van der Waals surface area contributed by atoms with Crippen LogP contribution >= 0.6 is 0 Å². The summed E-state index contributed by atoms with van der Waals surface area (Å²) in [6.07, 6.45) is 2.72. The first-order chi connectivity index (χ1) is 9.58. The summed E-state index contributed by atoms with van der Waals surface area (Å²) in [5, 5.41) is 11.8. The van der Waals surface area contributed by atoms with Gasteiger partial charge in [0.15, 0.2) is 0 Å². The molecular formula is C16H23N3O. The van der Waals surface area contributed by atoms with Gasteiger partial charge in [0.25, 0.3) is 0 Å². The highest BCUT2D eigenvalue weighted by atomic mass is 16.1. The number of nitriles is 1. The van der Waals surface area contributed by atoms with E-state index in [1.165, 1.54) is 0 Å². The molecule has 4 heteroatoms. The average molecular weight is 273 g/mol. The highest BCUT2D eigenvalue weighted by Crippen LogP contribution is 2.14. The van der Waals surface area contributed by atoms with Crippen molar-refractivity contribution in [3.63, 3.8) is 0 Å². The van der Waals surface area contributed by atoms with E-state index in [1.807, 2.05) is 13.1 Å². The van der Waals surface area contributed by atoms with Crippen LogP contribution in [0.3, 0.4) is 0 Å². The van der Waals surface area contributed by atoms with Crippen molar-refractivity contribution in [3.05, 3.63) is 29.8 Å². The van der Waals surface area contributed by atoms with E-state index in [4.69, 9.17) is 5.26 Å². The van der Waals surface area contributed by atoms with Crippen LogP contribution in [0.5, 0.6) is 0 Å². The van der Waals surface area contributed by atoms with E-state index in [0.717, 1.165) is 19.4 Å². The van der Waals surface area contributed by atoms with Crippen molar-refractivity contribution in [3.8, 4) is 6.07 Å². The van der Waals surface area contributed by atoms with Crippen LogP contribution in [0.4, 0.5) is 5.69 Å². The third-order valence-electron chi connectivity index (χ3n) is 3.47. The number of benzene rings is 1. The Bertz CT molecular complexity index is 479. The van der Waals surface area contributed by atoms with E-state index in [2.05, 4.69) is 30.1 Å². The van der Waals surface area contributed by atoms with Gasteiger partial charge in [0.1, 0.15) is 6.07 Å². The van der Waals surface area contributed by atoms with Crippen molar-refractivity contribution in [2.75, 3.05) is 18.9 Å². The van der Waals surface area contributed by atoms with Gasteiger partial charge in [-0.25, -0.2) is 0 Å². The van der Waals surface area contributed by atoms with E-state index in [-0.39, 0.29) is 5.91 Å². The fraction of sp³-hybridized carbons (Fsp3) is 0.500. The molecule has 0 aromatic heterocycles. The minimum absolute atomic E-state index is 0.0525. The molecule has 1 N–H and O–H groups in total. The Balaban J connectivity index is 2.46. The summed E-state index contributed by atoms with van der Waals surface area (Å²) < 4.78 is 0. The highest BCUT2D eigenvalue weighted by Gasteiger charge is 2.11. The molecule has 4 nitrogen and oxygen atoms in total. The van der Waals surface area contributed by atoms with Crippen molar-refractivity contribution >= 4 is 11.6 Å². The van der Waals surface area contributed by atoms with Gasteiger partial charge < -0.3 is 10.2 Å². The first kappa shape index (κ1) is 16.2. The Morgan fingerprint density at radius 1 is 1.45 bits per heavy atom. The van der Waals surface area contributed by atoms with Gasteiger partial charge in [0.2, 0.25) is 5.91 Å². The zero-order valence-electron chi connectivity index (χ0n) is 12.5. The van der Waals surface area contributed by atoms with Crippen LogP contribution in [-0.4, -0.2) is 30.4 Å². The van der Waals surface area contributed by atoms with Crippen molar-refractivity contribution in [2.24, 2.45) is 0 Å². The third kappa shape index (κ3) is 5.02. The van der Waals surface area contributed by atoms with Crippen LogP contribution in [-0.2, 0) is 4.79 Å². The lowest BCUT2D eigenvalue weighted by Crippen LogP contribution is -2.32. The average Bonchev–Trinajstić information content (AvgIpc) is 2.45. The second kappa shape index (κ2) is 8.34. The summed E-state index contributed by atoms with van der Waals surface area (Å²) in [4.78, 5) is 14.1. The maximum Gasteiger partial charge on any atom is 0.225 e. The first-order valence-electron chi connectivity index (χ1n) is 7.07. The fourth-order valence-corrected chi connectivity index (χ4v) is 2.04. The maximum absolute atomic E-state index is 11.9. The van der Waals surface area contributed by atoms with E-state index >= 15 is 0 Å². The fourth-order valence-electron chi connectivity index (χ4n) is 2.04. The molecule has 0 bridgehead atoms. The Kier molecular flexibility index (Phi) is 6.75. The van der Waals surface area contributed by atoms with Gasteiger partial charge in [0, 0.05) is 19.0 Å². The number of nitrogens with zero attached hydrogens (tertiary/aromatic N) is 2. The van der Waals surface area contributed by atoms with Gasteiger partial charge in [-0.3, -0.25) is 4.79 Å². The molecule has 1 rings (SSSR count). The molecule has 1 unspecified atom stereocenters. The van der Waals surface area contributed by atoms with Crippen molar-refractivity contribution in [2.45, 2.75) is 39.2 Å². The van der Waals surface area contributed by atoms with Crippen molar-refractivity contribution in [1.29, 1.82) is 5.26 Å². The number of carbonyl (C=O) groups excluding carboxylic acids is 1. The van der Waals surface area contributed by atoms with Crippen LogP contribution in [0.2, 0.25) is 0 Å². The highest BCUT2D eigenvalue weighted by molar-refractivity contribution is 5.92. The number of anilines is 1. The molecule has 1 aromatic rings. The molecule has 0 aliphatic rings. The van der Waals surface area contributed by atoms with Crippen LogP contribution < -0.4 is 5.32 Å². The van der Waals surface area contributed by atoms with Crippen molar-refractivity contribution < 1.29 is 4.79 Å². The number of amides is 1. The first-order valence-corrected chi connectivity index (χ1v) is 7.07. The third-order valence-corrected chi connectivity index (χ3v) is 3.47.